The van der Waals surface area contributed by atoms with Gasteiger partial charge in [0.05, 0.1) is 17.1 Å². The summed E-state index contributed by atoms with van der Waals surface area (Å²) in [6.45, 7) is 0. The van der Waals surface area contributed by atoms with Crippen molar-refractivity contribution in [2.45, 2.75) is 6.42 Å². The standard InChI is InChI=1S/C15H11ClN2O2/c16-12-6-5-10(17)8-13(12)18-14(19)7-9-3-1-2-4-11(9)15(18)20/h1-6,8H,7,17H2. The number of hydrogen-bond acceptors (Lipinski definition) is 3. The molecule has 0 bridgehead atoms. The Bertz CT molecular complexity index is 728. The second-order valence-corrected chi connectivity index (χ2v) is 4.99. The fourth-order valence-corrected chi connectivity index (χ4v) is 2.51. The van der Waals surface area contributed by atoms with E-state index in [1.54, 1.807) is 30.3 Å². The van der Waals surface area contributed by atoms with Gasteiger partial charge < -0.3 is 5.73 Å². The molecule has 0 spiro atoms. The summed E-state index contributed by atoms with van der Waals surface area (Å²) >= 11 is 6.09. The Morgan fingerprint density at radius 2 is 1.85 bits per heavy atom. The quantitative estimate of drug-likeness (QED) is 0.647. The van der Waals surface area contributed by atoms with Crippen LogP contribution < -0.4 is 10.6 Å². The van der Waals surface area contributed by atoms with E-state index in [2.05, 4.69) is 0 Å². The summed E-state index contributed by atoms with van der Waals surface area (Å²) in [6, 6.07) is 11.8. The maximum atomic E-state index is 12.5. The Balaban J connectivity index is 2.14. The first-order valence-electron chi connectivity index (χ1n) is 6.08. The Hall–Kier alpha value is -2.33. The number of nitrogen functional groups attached to an aromatic ring is 1. The topological polar surface area (TPSA) is 63.4 Å². The molecule has 2 amide bonds. The van der Waals surface area contributed by atoms with Gasteiger partial charge in [0.25, 0.3) is 5.91 Å². The number of imide groups is 1. The molecule has 1 heterocycles. The number of hydrogen-bond donors (Lipinski definition) is 1. The van der Waals surface area contributed by atoms with Crippen molar-refractivity contribution in [3.8, 4) is 0 Å². The lowest BCUT2D eigenvalue weighted by Gasteiger charge is -2.27. The predicted octanol–water partition coefficient (Wildman–Crippen LogP) is 2.65. The molecule has 2 aromatic carbocycles. The molecule has 0 unspecified atom stereocenters. The van der Waals surface area contributed by atoms with Crippen molar-refractivity contribution in [1.82, 2.24) is 0 Å². The number of anilines is 2. The normalized spacial score (nSPS) is 14.3. The van der Waals surface area contributed by atoms with E-state index in [1.807, 2.05) is 6.07 Å². The summed E-state index contributed by atoms with van der Waals surface area (Å²) in [5.74, 6) is -0.675. The Morgan fingerprint density at radius 3 is 2.65 bits per heavy atom. The maximum Gasteiger partial charge on any atom is 0.265 e. The van der Waals surface area contributed by atoms with E-state index in [-0.39, 0.29) is 18.2 Å². The van der Waals surface area contributed by atoms with E-state index >= 15 is 0 Å². The summed E-state index contributed by atoms with van der Waals surface area (Å²) in [5, 5.41) is 0.320. The minimum Gasteiger partial charge on any atom is -0.399 e. The highest BCUT2D eigenvalue weighted by molar-refractivity contribution is 6.36. The third-order valence-electron chi connectivity index (χ3n) is 3.25. The fourth-order valence-electron chi connectivity index (χ4n) is 2.30. The number of nitrogens with zero attached hydrogens (tertiary/aromatic N) is 1. The highest BCUT2D eigenvalue weighted by Gasteiger charge is 2.32. The zero-order chi connectivity index (χ0) is 14.3. The molecule has 20 heavy (non-hydrogen) atoms. The third-order valence-corrected chi connectivity index (χ3v) is 3.57. The van der Waals surface area contributed by atoms with E-state index in [9.17, 15) is 9.59 Å². The van der Waals surface area contributed by atoms with E-state index in [0.29, 0.717) is 22.0 Å². The van der Waals surface area contributed by atoms with Crippen LogP contribution in [-0.2, 0) is 11.2 Å². The van der Waals surface area contributed by atoms with E-state index in [4.69, 9.17) is 17.3 Å². The van der Waals surface area contributed by atoms with E-state index in [1.165, 1.54) is 6.07 Å². The van der Waals surface area contributed by atoms with Gasteiger partial charge in [-0.25, -0.2) is 4.90 Å². The molecule has 5 heteroatoms. The van der Waals surface area contributed by atoms with Gasteiger partial charge in [0.15, 0.2) is 0 Å². The summed E-state index contributed by atoms with van der Waals surface area (Å²) in [6.07, 6.45) is 0.174. The smallest absolute Gasteiger partial charge is 0.265 e. The number of fused-ring (bicyclic) bond motifs is 1. The highest BCUT2D eigenvalue weighted by Crippen LogP contribution is 2.32. The van der Waals surface area contributed by atoms with Crippen LogP contribution in [0.4, 0.5) is 11.4 Å². The number of halogens is 1. The van der Waals surface area contributed by atoms with E-state index < -0.39 is 0 Å². The van der Waals surface area contributed by atoms with Crippen molar-refractivity contribution >= 4 is 34.8 Å². The third kappa shape index (κ3) is 1.94. The average molecular weight is 287 g/mol. The lowest BCUT2D eigenvalue weighted by Crippen LogP contribution is -2.42. The molecule has 4 nitrogen and oxygen atoms in total. The van der Waals surface area contributed by atoms with Crippen LogP contribution in [0.1, 0.15) is 15.9 Å². The van der Waals surface area contributed by atoms with Crippen LogP contribution in [0.5, 0.6) is 0 Å². The summed E-state index contributed by atoms with van der Waals surface area (Å²) in [5.41, 5.74) is 7.74. The molecule has 0 fully saturated rings. The van der Waals surface area contributed by atoms with Crippen molar-refractivity contribution in [3.05, 3.63) is 58.6 Å². The molecule has 0 aromatic heterocycles. The number of rotatable bonds is 1. The first-order chi connectivity index (χ1) is 9.58. The van der Waals surface area contributed by atoms with Crippen molar-refractivity contribution < 1.29 is 9.59 Å². The first-order valence-corrected chi connectivity index (χ1v) is 6.46. The minimum absolute atomic E-state index is 0.174. The molecule has 100 valence electrons. The number of carbonyl (C=O) groups is 2. The van der Waals surface area contributed by atoms with Crippen molar-refractivity contribution in [1.29, 1.82) is 0 Å². The molecule has 0 saturated carbocycles. The molecular formula is C15H11ClN2O2. The predicted molar refractivity (Wildman–Crippen MR) is 77.8 cm³/mol. The zero-order valence-corrected chi connectivity index (χ0v) is 11.2. The van der Waals surface area contributed by atoms with Crippen LogP contribution in [0.25, 0.3) is 0 Å². The Kier molecular flexibility index (Phi) is 2.95. The van der Waals surface area contributed by atoms with Gasteiger partial charge in [-0.1, -0.05) is 29.8 Å². The lowest BCUT2D eigenvalue weighted by molar-refractivity contribution is -0.117. The molecule has 0 aliphatic carbocycles. The van der Waals surface area contributed by atoms with Gasteiger partial charge in [0, 0.05) is 11.3 Å². The van der Waals surface area contributed by atoms with Gasteiger partial charge in [0.1, 0.15) is 0 Å². The molecule has 2 N–H and O–H groups in total. The van der Waals surface area contributed by atoms with Crippen molar-refractivity contribution in [2.24, 2.45) is 0 Å². The number of nitrogens with two attached hydrogens (primary N) is 1. The summed E-state index contributed by atoms with van der Waals surface area (Å²) in [4.78, 5) is 25.8. The first kappa shape index (κ1) is 12.7. The second-order valence-electron chi connectivity index (χ2n) is 4.58. The fraction of sp³-hybridized carbons (Fsp3) is 0.0667. The average Bonchev–Trinajstić information content (AvgIpc) is 2.42. The molecule has 1 aliphatic heterocycles. The van der Waals surface area contributed by atoms with Gasteiger partial charge in [-0.2, -0.15) is 0 Å². The molecule has 2 aromatic rings. The van der Waals surface area contributed by atoms with Gasteiger partial charge >= 0.3 is 0 Å². The molecule has 1 aliphatic rings. The molecular weight excluding hydrogens is 276 g/mol. The Morgan fingerprint density at radius 1 is 1.10 bits per heavy atom. The van der Waals surface area contributed by atoms with Crippen LogP contribution in [0.3, 0.4) is 0 Å². The SMILES string of the molecule is Nc1ccc(Cl)c(N2C(=O)Cc3ccccc3C2=O)c1. The van der Waals surface area contributed by atoms with Crippen molar-refractivity contribution in [3.63, 3.8) is 0 Å². The van der Waals surface area contributed by atoms with Gasteiger partial charge in [-0.3, -0.25) is 9.59 Å². The minimum atomic E-state index is -0.371. The van der Waals surface area contributed by atoms with Crippen LogP contribution in [-0.4, -0.2) is 11.8 Å². The van der Waals surface area contributed by atoms with Gasteiger partial charge in [-0.15, -0.1) is 0 Å². The summed E-state index contributed by atoms with van der Waals surface area (Å²) < 4.78 is 0. The largest absolute Gasteiger partial charge is 0.399 e. The summed E-state index contributed by atoms with van der Waals surface area (Å²) in [7, 11) is 0. The monoisotopic (exact) mass is 286 g/mol. The van der Waals surface area contributed by atoms with Crippen LogP contribution in [0.2, 0.25) is 5.02 Å². The number of carbonyl (C=O) groups excluding carboxylic acids is 2. The van der Waals surface area contributed by atoms with Crippen LogP contribution >= 0.6 is 11.6 Å². The van der Waals surface area contributed by atoms with Crippen LogP contribution in [0.15, 0.2) is 42.5 Å². The van der Waals surface area contributed by atoms with Gasteiger partial charge in [-0.05, 0) is 29.8 Å². The number of benzene rings is 2. The second kappa shape index (κ2) is 4.65. The van der Waals surface area contributed by atoms with Gasteiger partial charge in [0.2, 0.25) is 5.91 Å². The Labute approximate surface area is 120 Å². The van der Waals surface area contributed by atoms with Crippen LogP contribution in [0, 0.1) is 0 Å². The molecule has 0 atom stereocenters. The zero-order valence-electron chi connectivity index (χ0n) is 10.5. The molecule has 0 radical (unpaired) electrons. The lowest BCUT2D eigenvalue weighted by atomic mass is 9.98. The molecule has 0 saturated heterocycles. The maximum absolute atomic E-state index is 12.5. The molecule has 3 rings (SSSR count). The van der Waals surface area contributed by atoms with E-state index in [0.717, 1.165) is 10.5 Å². The number of amides is 2. The van der Waals surface area contributed by atoms with Crippen molar-refractivity contribution in [2.75, 3.05) is 10.6 Å². The highest BCUT2D eigenvalue weighted by atomic mass is 35.5.